The molecular weight excluding hydrogens is 500 g/mol. The van der Waals surface area contributed by atoms with Crippen LogP contribution >= 0.6 is 11.3 Å². The van der Waals surface area contributed by atoms with Crippen molar-refractivity contribution in [2.75, 3.05) is 12.4 Å². The highest BCUT2D eigenvalue weighted by Gasteiger charge is 2.44. The van der Waals surface area contributed by atoms with E-state index in [1.165, 1.54) is 36.0 Å². The zero-order valence-corrected chi connectivity index (χ0v) is 22.5. The Morgan fingerprint density at radius 3 is 2.29 bits per heavy atom. The molecule has 2 aliphatic rings. The van der Waals surface area contributed by atoms with Gasteiger partial charge in [-0.2, -0.15) is 0 Å². The quantitative estimate of drug-likeness (QED) is 0.311. The van der Waals surface area contributed by atoms with Gasteiger partial charge in [0.1, 0.15) is 16.6 Å². The van der Waals surface area contributed by atoms with E-state index < -0.39 is 29.7 Å². The minimum absolute atomic E-state index is 0.270. The molecule has 7 nitrogen and oxygen atoms in total. The van der Waals surface area contributed by atoms with Crippen molar-refractivity contribution in [2.24, 2.45) is 5.92 Å². The zero-order chi connectivity index (χ0) is 27.0. The second-order valence-corrected chi connectivity index (χ2v) is 10.8. The highest BCUT2D eigenvalue weighted by atomic mass is 32.1. The maximum Gasteiger partial charge on any atom is 0.341 e. The molecule has 0 radical (unpaired) electrons. The van der Waals surface area contributed by atoms with Gasteiger partial charge < -0.3 is 10.1 Å². The third-order valence-corrected chi connectivity index (χ3v) is 8.53. The first-order valence-corrected chi connectivity index (χ1v) is 13.8. The van der Waals surface area contributed by atoms with Gasteiger partial charge >= 0.3 is 5.97 Å². The summed E-state index contributed by atoms with van der Waals surface area (Å²) < 4.78 is 5.09. The zero-order valence-electron chi connectivity index (χ0n) is 21.7. The Labute approximate surface area is 225 Å². The molecule has 1 aliphatic carbocycles. The number of methoxy groups -OCH3 is 1. The van der Waals surface area contributed by atoms with E-state index in [0.717, 1.165) is 29.7 Å². The SMILES string of the molecule is CCC(C)C(C(=O)Nc1scc(-c2ccc3c(c2)CCCC3)c1C(=O)OC)N1C(=O)c2ccccc2C1=O. The van der Waals surface area contributed by atoms with Crippen molar-refractivity contribution in [1.82, 2.24) is 4.90 Å². The molecule has 3 aromatic rings. The first kappa shape index (κ1) is 25.9. The Bertz CT molecular complexity index is 1410. The Hall–Kier alpha value is -3.78. The number of hydrogen-bond donors (Lipinski definition) is 1. The van der Waals surface area contributed by atoms with Crippen LogP contribution in [0.3, 0.4) is 0 Å². The summed E-state index contributed by atoms with van der Waals surface area (Å²) in [7, 11) is 1.31. The third kappa shape index (κ3) is 4.43. The fourth-order valence-electron chi connectivity index (χ4n) is 5.37. The molecule has 0 saturated heterocycles. The van der Waals surface area contributed by atoms with Gasteiger partial charge in [-0.15, -0.1) is 11.3 Å². The lowest BCUT2D eigenvalue weighted by atomic mass is 9.89. The number of anilines is 1. The molecule has 196 valence electrons. The van der Waals surface area contributed by atoms with Crippen LogP contribution < -0.4 is 5.32 Å². The predicted molar refractivity (Wildman–Crippen MR) is 147 cm³/mol. The number of esters is 1. The summed E-state index contributed by atoms with van der Waals surface area (Å²) in [6, 6.07) is 11.8. The van der Waals surface area contributed by atoms with Crippen molar-refractivity contribution in [1.29, 1.82) is 0 Å². The van der Waals surface area contributed by atoms with Crippen molar-refractivity contribution in [3.05, 3.63) is 75.7 Å². The van der Waals surface area contributed by atoms with E-state index in [4.69, 9.17) is 4.74 Å². The summed E-state index contributed by atoms with van der Waals surface area (Å²) in [6.45, 7) is 3.74. The van der Waals surface area contributed by atoms with Gasteiger partial charge in [0.25, 0.3) is 11.8 Å². The average molecular weight is 531 g/mol. The van der Waals surface area contributed by atoms with Crippen molar-refractivity contribution in [3.63, 3.8) is 0 Å². The first-order valence-electron chi connectivity index (χ1n) is 12.9. The van der Waals surface area contributed by atoms with Crippen LogP contribution in [-0.4, -0.2) is 41.7 Å². The van der Waals surface area contributed by atoms with E-state index >= 15 is 0 Å². The van der Waals surface area contributed by atoms with Crippen LogP contribution in [0.2, 0.25) is 0 Å². The summed E-state index contributed by atoms with van der Waals surface area (Å²) in [5.74, 6) is -2.35. The van der Waals surface area contributed by atoms with Gasteiger partial charge in [-0.05, 0) is 60.4 Å². The maximum atomic E-state index is 13.7. The number of thiophene rings is 1. The van der Waals surface area contributed by atoms with Crippen LogP contribution in [-0.2, 0) is 22.4 Å². The number of imide groups is 1. The molecule has 1 aromatic heterocycles. The minimum Gasteiger partial charge on any atom is -0.465 e. The molecular formula is C30H30N2O5S. The van der Waals surface area contributed by atoms with Crippen LogP contribution in [0.4, 0.5) is 5.00 Å². The molecule has 2 heterocycles. The van der Waals surface area contributed by atoms with E-state index in [1.807, 2.05) is 25.3 Å². The monoisotopic (exact) mass is 530 g/mol. The summed E-state index contributed by atoms with van der Waals surface area (Å²) in [5, 5.41) is 5.04. The molecule has 1 N–H and O–H groups in total. The number of ether oxygens (including phenoxy) is 1. The van der Waals surface area contributed by atoms with Gasteiger partial charge in [0.15, 0.2) is 0 Å². The Kier molecular flexibility index (Phi) is 7.17. The second-order valence-electron chi connectivity index (χ2n) is 9.88. The molecule has 0 fully saturated rings. The van der Waals surface area contributed by atoms with Crippen molar-refractivity contribution >= 4 is 40.0 Å². The number of carbonyl (C=O) groups excluding carboxylic acids is 4. The highest BCUT2D eigenvalue weighted by Crippen LogP contribution is 2.38. The number of nitrogens with zero attached hydrogens (tertiary/aromatic N) is 1. The van der Waals surface area contributed by atoms with Crippen LogP contribution in [0.1, 0.15) is 75.3 Å². The highest BCUT2D eigenvalue weighted by molar-refractivity contribution is 7.15. The van der Waals surface area contributed by atoms with Gasteiger partial charge in [0, 0.05) is 10.9 Å². The average Bonchev–Trinajstić information content (AvgIpc) is 3.47. The predicted octanol–water partition coefficient (Wildman–Crippen LogP) is 5.73. The molecule has 2 aromatic carbocycles. The molecule has 0 bridgehead atoms. The third-order valence-electron chi connectivity index (χ3n) is 7.63. The van der Waals surface area contributed by atoms with E-state index in [2.05, 4.69) is 17.4 Å². The Balaban J connectivity index is 1.49. The van der Waals surface area contributed by atoms with Gasteiger partial charge in [-0.25, -0.2) is 4.79 Å². The van der Waals surface area contributed by atoms with Gasteiger partial charge in [0.05, 0.1) is 18.2 Å². The standard InChI is InChI=1S/C30H30N2O5S/c1-4-17(2)25(32-28(34)21-11-7-8-12-22(21)29(32)35)26(33)31-27-24(30(36)37-3)23(16-38-27)20-14-13-18-9-5-6-10-19(18)15-20/h7-8,11-17,25H,4-6,9-10H2,1-3H3,(H,31,33). The molecule has 3 amide bonds. The van der Waals surface area contributed by atoms with E-state index in [1.54, 1.807) is 24.3 Å². The fraction of sp³-hybridized carbons (Fsp3) is 0.333. The van der Waals surface area contributed by atoms with E-state index in [0.29, 0.717) is 28.1 Å². The lowest BCUT2D eigenvalue weighted by Crippen LogP contribution is -2.50. The molecule has 5 rings (SSSR count). The molecule has 8 heteroatoms. The topological polar surface area (TPSA) is 92.8 Å². The summed E-state index contributed by atoms with van der Waals surface area (Å²) in [6.07, 6.45) is 4.94. The van der Waals surface area contributed by atoms with Crippen molar-refractivity contribution in [2.45, 2.75) is 52.0 Å². The number of fused-ring (bicyclic) bond motifs is 2. The molecule has 1 aliphatic heterocycles. The van der Waals surface area contributed by atoms with Gasteiger partial charge in [-0.1, -0.05) is 50.6 Å². The molecule has 2 unspecified atom stereocenters. The lowest BCUT2D eigenvalue weighted by Gasteiger charge is -2.29. The van der Waals surface area contributed by atoms with E-state index in [-0.39, 0.29) is 11.5 Å². The van der Waals surface area contributed by atoms with Gasteiger partial charge in [0.2, 0.25) is 5.91 Å². The number of rotatable bonds is 7. The molecule has 2 atom stereocenters. The van der Waals surface area contributed by atoms with Crippen molar-refractivity contribution in [3.8, 4) is 11.1 Å². The fourth-order valence-corrected chi connectivity index (χ4v) is 6.33. The number of hydrogen-bond acceptors (Lipinski definition) is 6. The summed E-state index contributed by atoms with van der Waals surface area (Å²) >= 11 is 1.23. The number of benzene rings is 2. The lowest BCUT2D eigenvalue weighted by molar-refractivity contribution is -0.121. The second kappa shape index (κ2) is 10.5. The molecule has 0 saturated carbocycles. The Morgan fingerprint density at radius 1 is 1.00 bits per heavy atom. The maximum absolute atomic E-state index is 13.7. The first-order chi connectivity index (χ1) is 18.3. The van der Waals surface area contributed by atoms with Crippen LogP contribution in [0.5, 0.6) is 0 Å². The van der Waals surface area contributed by atoms with Gasteiger partial charge in [-0.3, -0.25) is 19.3 Å². The van der Waals surface area contributed by atoms with Crippen molar-refractivity contribution < 1.29 is 23.9 Å². The minimum atomic E-state index is -1.04. The number of nitrogens with one attached hydrogen (secondary N) is 1. The number of amides is 3. The Morgan fingerprint density at radius 2 is 1.66 bits per heavy atom. The largest absolute Gasteiger partial charge is 0.465 e. The van der Waals surface area contributed by atoms with Crippen LogP contribution in [0.15, 0.2) is 47.8 Å². The smallest absolute Gasteiger partial charge is 0.341 e. The molecule has 0 spiro atoms. The summed E-state index contributed by atoms with van der Waals surface area (Å²) in [5.41, 5.74) is 5.05. The van der Waals surface area contributed by atoms with E-state index in [9.17, 15) is 19.2 Å². The number of aryl methyl sites for hydroxylation is 2. The van der Waals surface area contributed by atoms with Crippen LogP contribution in [0, 0.1) is 5.92 Å². The normalized spacial score (nSPS) is 16.0. The van der Waals surface area contributed by atoms with Crippen LogP contribution in [0.25, 0.3) is 11.1 Å². The number of carbonyl (C=O) groups is 4. The summed E-state index contributed by atoms with van der Waals surface area (Å²) in [4.78, 5) is 54.2. The molecule has 38 heavy (non-hydrogen) atoms.